The van der Waals surface area contributed by atoms with Crippen LogP contribution in [0.15, 0.2) is 48.5 Å². The molecule has 1 aliphatic heterocycles. The van der Waals surface area contributed by atoms with E-state index < -0.39 is 24.2 Å². The quantitative estimate of drug-likeness (QED) is 0.431. The van der Waals surface area contributed by atoms with Gasteiger partial charge in [-0.2, -0.15) is 18.3 Å². The molecule has 3 aromatic rings. The zero-order valence-corrected chi connectivity index (χ0v) is 18.5. The number of fused-ring (bicyclic) bond motifs is 1. The molecule has 168 valence electrons. The van der Waals surface area contributed by atoms with Crippen LogP contribution < -0.4 is 10.6 Å². The van der Waals surface area contributed by atoms with E-state index in [0.29, 0.717) is 15.6 Å². The topological polar surface area (TPSA) is 59.0 Å². The summed E-state index contributed by atoms with van der Waals surface area (Å²) in [5, 5.41) is 10.4. The molecule has 5 nitrogen and oxygen atoms in total. The standard InChI is InChI=1S/C21H16Cl3F3N4O/c22-13-5-1-11(2-6-13)10-28-20(32)18-17(24)19-29-15(12-3-7-14(23)8-4-12)9-16(21(25,26)27)31(19)30-18/h1-8,15-16,29H,9-10H2,(H,28,32). The normalized spacial score (nSPS) is 18.1. The first-order valence-electron chi connectivity index (χ1n) is 9.53. The Morgan fingerprint density at radius 2 is 1.66 bits per heavy atom. The number of amides is 1. The average molecular weight is 504 g/mol. The van der Waals surface area contributed by atoms with Crippen LogP contribution in [0, 0.1) is 0 Å². The molecule has 1 aliphatic rings. The molecule has 0 aliphatic carbocycles. The highest BCUT2D eigenvalue weighted by atomic mass is 35.5. The molecule has 0 fully saturated rings. The van der Waals surface area contributed by atoms with Gasteiger partial charge in [0.15, 0.2) is 11.7 Å². The molecule has 11 heteroatoms. The van der Waals surface area contributed by atoms with Gasteiger partial charge in [-0.3, -0.25) is 4.79 Å². The lowest BCUT2D eigenvalue weighted by Gasteiger charge is -2.33. The van der Waals surface area contributed by atoms with Crippen molar-refractivity contribution in [2.24, 2.45) is 0 Å². The van der Waals surface area contributed by atoms with Crippen molar-refractivity contribution in [2.45, 2.75) is 31.2 Å². The third-order valence-corrected chi connectivity index (χ3v) is 6.01. The molecular weight excluding hydrogens is 488 g/mol. The van der Waals surface area contributed by atoms with E-state index in [4.69, 9.17) is 34.8 Å². The van der Waals surface area contributed by atoms with E-state index in [9.17, 15) is 18.0 Å². The molecule has 0 saturated heterocycles. The Morgan fingerprint density at radius 1 is 1.06 bits per heavy atom. The summed E-state index contributed by atoms with van der Waals surface area (Å²) >= 11 is 18.1. The van der Waals surface area contributed by atoms with E-state index in [-0.39, 0.29) is 29.5 Å². The summed E-state index contributed by atoms with van der Waals surface area (Å²) in [6, 6.07) is 10.6. The maximum absolute atomic E-state index is 13.9. The number of nitrogens with zero attached hydrogens (tertiary/aromatic N) is 2. The zero-order valence-electron chi connectivity index (χ0n) is 16.3. The minimum Gasteiger partial charge on any atom is -0.362 e. The molecule has 2 aromatic carbocycles. The second-order valence-corrected chi connectivity index (χ2v) is 8.56. The van der Waals surface area contributed by atoms with Crippen molar-refractivity contribution in [3.63, 3.8) is 0 Å². The smallest absolute Gasteiger partial charge is 0.362 e. The first kappa shape index (κ1) is 22.8. The van der Waals surface area contributed by atoms with E-state index in [1.807, 2.05) is 0 Å². The van der Waals surface area contributed by atoms with Crippen LogP contribution in [0.4, 0.5) is 19.0 Å². The van der Waals surface area contributed by atoms with Crippen LogP contribution in [-0.2, 0) is 6.54 Å². The second-order valence-electron chi connectivity index (χ2n) is 7.31. The SMILES string of the molecule is O=C(NCc1ccc(Cl)cc1)c1nn2c(c1Cl)NC(c1ccc(Cl)cc1)CC2C(F)(F)F. The number of rotatable bonds is 4. The Bertz CT molecular complexity index is 1130. The fourth-order valence-electron chi connectivity index (χ4n) is 3.52. The number of anilines is 1. The number of hydrogen-bond acceptors (Lipinski definition) is 3. The van der Waals surface area contributed by atoms with Gasteiger partial charge in [0.25, 0.3) is 5.91 Å². The lowest BCUT2D eigenvalue weighted by Crippen LogP contribution is -2.35. The highest BCUT2D eigenvalue weighted by Crippen LogP contribution is 2.46. The van der Waals surface area contributed by atoms with Crippen molar-refractivity contribution < 1.29 is 18.0 Å². The fraction of sp³-hybridized carbons (Fsp3) is 0.238. The molecule has 1 aromatic heterocycles. The highest BCUT2D eigenvalue weighted by Gasteiger charge is 2.47. The van der Waals surface area contributed by atoms with Gasteiger partial charge >= 0.3 is 6.18 Å². The second kappa shape index (κ2) is 8.84. The molecule has 0 saturated carbocycles. The lowest BCUT2D eigenvalue weighted by atomic mass is 9.97. The largest absolute Gasteiger partial charge is 0.410 e. The zero-order chi connectivity index (χ0) is 23.0. The van der Waals surface area contributed by atoms with Gasteiger partial charge in [-0.1, -0.05) is 59.1 Å². The predicted octanol–water partition coefficient (Wildman–Crippen LogP) is 6.43. The summed E-state index contributed by atoms with van der Waals surface area (Å²) in [6.45, 7) is 0.137. The highest BCUT2D eigenvalue weighted by molar-refractivity contribution is 6.36. The Morgan fingerprint density at radius 3 is 2.25 bits per heavy atom. The van der Waals surface area contributed by atoms with Gasteiger partial charge in [0.05, 0.1) is 6.04 Å². The molecular formula is C21H16Cl3F3N4O. The monoisotopic (exact) mass is 502 g/mol. The average Bonchev–Trinajstić information content (AvgIpc) is 3.09. The van der Waals surface area contributed by atoms with Crippen LogP contribution in [-0.4, -0.2) is 21.9 Å². The number of alkyl halides is 3. The maximum Gasteiger partial charge on any atom is 0.410 e. The van der Waals surface area contributed by atoms with Crippen LogP contribution >= 0.6 is 34.8 Å². The number of carbonyl (C=O) groups excluding carboxylic acids is 1. The first-order chi connectivity index (χ1) is 15.1. The van der Waals surface area contributed by atoms with E-state index in [0.717, 1.165) is 10.2 Å². The fourth-order valence-corrected chi connectivity index (χ4v) is 4.03. The van der Waals surface area contributed by atoms with Gasteiger partial charge < -0.3 is 10.6 Å². The van der Waals surface area contributed by atoms with Crippen molar-refractivity contribution in [2.75, 3.05) is 5.32 Å². The first-order valence-corrected chi connectivity index (χ1v) is 10.7. The third kappa shape index (κ3) is 4.67. The molecule has 0 spiro atoms. The summed E-state index contributed by atoms with van der Waals surface area (Å²) in [4.78, 5) is 12.6. The summed E-state index contributed by atoms with van der Waals surface area (Å²) in [7, 11) is 0. The van der Waals surface area contributed by atoms with E-state index in [1.165, 1.54) is 0 Å². The van der Waals surface area contributed by atoms with Gasteiger partial charge in [-0.25, -0.2) is 4.68 Å². The van der Waals surface area contributed by atoms with Crippen molar-refractivity contribution in [3.05, 3.63) is 80.4 Å². The molecule has 2 heterocycles. The predicted molar refractivity (Wildman–Crippen MR) is 117 cm³/mol. The van der Waals surface area contributed by atoms with Gasteiger partial charge in [0.2, 0.25) is 0 Å². The molecule has 32 heavy (non-hydrogen) atoms. The Hall–Kier alpha value is -2.42. The maximum atomic E-state index is 13.9. The molecule has 2 atom stereocenters. The number of carbonyl (C=O) groups is 1. The van der Waals surface area contributed by atoms with Crippen molar-refractivity contribution in [1.29, 1.82) is 0 Å². The van der Waals surface area contributed by atoms with Crippen LogP contribution in [0.25, 0.3) is 0 Å². The number of benzene rings is 2. The van der Waals surface area contributed by atoms with Crippen LogP contribution in [0.2, 0.25) is 15.1 Å². The van der Waals surface area contributed by atoms with Gasteiger partial charge in [0, 0.05) is 23.0 Å². The molecule has 0 radical (unpaired) electrons. The minimum atomic E-state index is -4.59. The van der Waals surface area contributed by atoms with E-state index >= 15 is 0 Å². The molecule has 1 amide bonds. The third-order valence-electron chi connectivity index (χ3n) is 5.15. The number of hydrogen-bond donors (Lipinski definition) is 2. The van der Waals surface area contributed by atoms with E-state index in [1.54, 1.807) is 48.5 Å². The summed E-state index contributed by atoms with van der Waals surface area (Å²) in [5.74, 6) is -0.741. The Balaban J connectivity index is 1.62. The molecule has 2 N–H and O–H groups in total. The van der Waals surface area contributed by atoms with Gasteiger partial charge in [0.1, 0.15) is 10.8 Å². The number of aromatic nitrogens is 2. The molecule has 4 rings (SSSR count). The summed E-state index contributed by atoms with van der Waals surface area (Å²) in [5.41, 5.74) is 1.09. The van der Waals surface area contributed by atoms with Crippen LogP contribution in [0.5, 0.6) is 0 Å². The Kier molecular flexibility index (Phi) is 6.29. The van der Waals surface area contributed by atoms with E-state index in [2.05, 4.69) is 15.7 Å². The molecule has 0 bridgehead atoms. The van der Waals surface area contributed by atoms with Crippen molar-refractivity contribution >= 4 is 46.5 Å². The van der Waals surface area contributed by atoms with Crippen molar-refractivity contribution in [1.82, 2.24) is 15.1 Å². The summed E-state index contributed by atoms with van der Waals surface area (Å²) in [6.07, 6.45) is -4.91. The van der Waals surface area contributed by atoms with Crippen molar-refractivity contribution in [3.8, 4) is 0 Å². The Labute approximate surface area is 196 Å². The minimum absolute atomic E-state index is 0.0585. The summed E-state index contributed by atoms with van der Waals surface area (Å²) < 4.78 is 42.3. The van der Waals surface area contributed by atoms with Crippen LogP contribution in [0.1, 0.15) is 40.1 Å². The van der Waals surface area contributed by atoms with Crippen LogP contribution in [0.3, 0.4) is 0 Å². The number of nitrogens with one attached hydrogen (secondary N) is 2. The molecule has 2 unspecified atom stereocenters. The lowest BCUT2D eigenvalue weighted by molar-refractivity contribution is -0.173. The van der Waals surface area contributed by atoms with Gasteiger partial charge in [-0.15, -0.1) is 0 Å². The number of halogens is 6. The van der Waals surface area contributed by atoms with Gasteiger partial charge in [-0.05, 0) is 35.4 Å².